The zero-order valence-corrected chi connectivity index (χ0v) is 17.7. The van der Waals surface area contributed by atoms with E-state index in [9.17, 15) is 9.59 Å². The average molecular weight is 389 g/mol. The van der Waals surface area contributed by atoms with Gasteiger partial charge in [0.25, 0.3) is 5.91 Å². The smallest absolute Gasteiger partial charge is 0.270 e. The number of amides is 2. The van der Waals surface area contributed by atoms with Gasteiger partial charge in [-0.15, -0.1) is 0 Å². The summed E-state index contributed by atoms with van der Waals surface area (Å²) in [5, 5.41) is 3.14. The fraction of sp³-hybridized carbons (Fsp3) is 0.727. The van der Waals surface area contributed by atoms with Crippen molar-refractivity contribution in [1.82, 2.24) is 20.1 Å². The van der Waals surface area contributed by atoms with Crippen LogP contribution in [0.2, 0.25) is 0 Å². The largest absolute Gasteiger partial charge is 0.355 e. The summed E-state index contributed by atoms with van der Waals surface area (Å²) in [6, 6.07) is 2.53. The van der Waals surface area contributed by atoms with E-state index in [-0.39, 0.29) is 11.8 Å². The Bertz CT molecular complexity index is 676. The molecule has 156 valence electrons. The van der Waals surface area contributed by atoms with Gasteiger partial charge in [-0.1, -0.05) is 6.92 Å². The van der Waals surface area contributed by atoms with Crippen LogP contribution in [0.1, 0.15) is 67.2 Å². The minimum atomic E-state index is 0.110. The van der Waals surface area contributed by atoms with Crippen LogP contribution in [-0.4, -0.2) is 65.4 Å². The van der Waals surface area contributed by atoms with Crippen molar-refractivity contribution in [2.24, 2.45) is 5.92 Å². The van der Waals surface area contributed by atoms with E-state index in [1.165, 1.54) is 12.8 Å². The fourth-order valence-corrected chi connectivity index (χ4v) is 4.73. The number of aromatic amines is 1. The van der Waals surface area contributed by atoms with Crippen molar-refractivity contribution in [3.8, 4) is 0 Å². The van der Waals surface area contributed by atoms with Crippen LogP contribution in [0.4, 0.5) is 0 Å². The lowest BCUT2D eigenvalue weighted by molar-refractivity contribution is -0.121. The molecule has 1 aromatic heterocycles. The number of H-pyrrole nitrogens is 1. The molecule has 0 spiro atoms. The zero-order valence-electron chi connectivity index (χ0n) is 17.7. The first-order chi connectivity index (χ1) is 13.5. The van der Waals surface area contributed by atoms with Crippen LogP contribution in [-0.2, 0) is 4.79 Å². The normalized spacial score (nSPS) is 21.2. The maximum absolute atomic E-state index is 12.7. The first-order valence-corrected chi connectivity index (χ1v) is 10.9. The summed E-state index contributed by atoms with van der Waals surface area (Å²) in [6.07, 6.45) is 5.95. The third-order valence-corrected chi connectivity index (χ3v) is 6.48. The SMILES string of the molecule is CCN1CCCC1CNC(=O)CCC1CCN(C(=O)c2[nH]c(C)cc2C)CC1. The Morgan fingerprint density at radius 2 is 1.93 bits per heavy atom. The molecule has 0 aliphatic carbocycles. The Labute approximate surface area is 169 Å². The van der Waals surface area contributed by atoms with Crippen LogP contribution in [0.3, 0.4) is 0 Å². The van der Waals surface area contributed by atoms with Crippen LogP contribution in [0.25, 0.3) is 0 Å². The molecule has 3 heterocycles. The van der Waals surface area contributed by atoms with Gasteiger partial charge < -0.3 is 15.2 Å². The van der Waals surface area contributed by atoms with Crippen LogP contribution in [0.15, 0.2) is 6.07 Å². The molecule has 2 aliphatic heterocycles. The summed E-state index contributed by atoms with van der Waals surface area (Å²) < 4.78 is 0. The van der Waals surface area contributed by atoms with Gasteiger partial charge in [-0.05, 0) is 76.6 Å². The summed E-state index contributed by atoms with van der Waals surface area (Å²) >= 11 is 0. The molecule has 2 N–H and O–H groups in total. The molecule has 0 saturated carbocycles. The molecule has 6 heteroatoms. The molecule has 1 unspecified atom stereocenters. The lowest BCUT2D eigenvalue weighted by atomic mass is 9.92. The Kier molecular flexibility index (Phi) is 7.16. The number of aromatic nitrogens is 1. The first kappa shape index (κ1) is 20.9. The Hall–Kier alpha value is -1.82. The van der Waals surface area contributed by atoms with Crippen LogP contribution in [0, 0.1) is 19.8 Å². The van der Waals surface area contributed by atoms with E-state index in [0.29, 0.717) is 18.4 Å². The minimum absolute atomic E-state index is 0.110. The van der Waals surface area contributed by atoms with Crippen molar-refractivity contribution in [2.45, 2.75) is 65.3 Å². The van der Waals surface area contributed by atoms with Gasteiger partial charge in [0.1, 0.15) is 5.69 Å². The van der Waals surface area contributed by atoms with Gasteiger partial charge in [0.05, 0.1) is 0 Å². The molecule has 1 atom stereocenters. The lowest BCUT2D eigenvalue weighted by Gasteiger charge is -2.32. The second-order valence-electron chi connectivity index (χ2n) is 8.51. The number of aryl methyl sites for hydroxylation is 2. The standard InChI is InChI=1S/C22H36N4O2/c1-4-25-11-5-6-19(25)15-23-20(27)8-7-18-9-12-26(13-10-18)22(28)21-16(2)14-17(3)24-21/h14,18-19,24H,4-13,15H2,1-3H3,(H,23,27). The Morgan fingerprint density at radius 3 is 2.57 bits per heavy atom. The molecule has 0 aromatic carbocycles. The van der Waals surface area contributed by atoms with E-state index in [1.807, 2.05) is 24.8 Å². The maximum Gasteiger partial charge on any atom is 0.270 e. The van der Waals surface area contributed by atoms with Crippen LogP contribution in [0.5, 0.6) is 0 Å². The molecule has 0 radical (unpaired) electrons. The molecular formula is C22H36N4O2. The van der Waals surface area contributed by atoms with Gasteiger partial charge in [-0.2, -0.15) is 0 Å². The van der Waals surface area contributed by atoms with Crippen molar-refractivity contribution >= 4 is 11.8 Å². The Balaban J connectivity index is 1.35. The number of nitrogens with one attached hydrogen (secondary N) is 2. The highest BCUT2D eigenvalue weighted by Crippen LogP contribution is 2.24. The average Bonchev–Trinajstić information content (AvgIpc) is 3.29. The summed E-state index contributed by atoms with van der Waals surface area (Å²) in [7, 11) is 0. The number of hydrogen-bond donors (Lipinski definition) is 2. The van der Waals surface area contributed by atoms with Gasteiger partial charge in [-0.3, -0.25) is 14.5 Å². The van der Waals surface area contributed by atoms with E-state index in [1.54, 1.807) is 0 Å². The molecular weight excluding hydrogens is 352 g/mol. The van der Waals surface area contributed by atoms with E-state index in [2.05, 4.69) is 22.1 Å². The van der Waals surface area contributed by atoms with Gasteiger partial charge >= 0.3 is 0 Å². The van der Waals surface area contributed by atoms with Gasteiger partial charge in [-0.25, -0.2) is 0 Å². The van der Waals surface area contributed by atoms with Crippen molar-refractivity contribution in [2.75, 3.05) is 32.7 Å². The monoisotopic (exact) mass is 388 g/mol. The molecule has 28 heavy (non-hydrogen) atoms. The van der Waals surface area contributed by atoms with E-state index < -0.39 is 0 Å². The number of carbonyl (C=O) groups is 2. The summed E-state index contributed by atoms with van der Waals surface area (Å²) in [5.74, 6) is 0.831. The third kappa shape index (κ3) is 5.16. The summed E-state index contributed by atoms with van der Waals surface area (Å²) in [6.45, 7) is 10.7. The number of carbonyl (C=O) groups excluding carboxylic acids is 2. The van der Waals surface area contributed by atoms with Crippen LogP contribution < -0.4 is 5.32 Å². The molecule has 1 aromatic rings. The maximum atomic E-state index is 12.7. The number of hydrogen-bond acceptors (Lipinski definition) is 3. The highest BCUT2D eigenvalue weighted by Gasteiger charge is 2.26. The van der Waals surface area contributed by atoms with Crippen molar-refractivity contribution < 1.29 is 9.59 Å². The second-order valence-corrected chi connectivity index (χ2v) is 8.51. The highest BCUT2D eigenvalue weighted by molar-refractivity contribution is 5.94. The predicted octanol–water partition coefficient (Wildman–Crippen LogP) is 2.86. The lowest BCUT2D eigenvalue weighted by Crippen LogP contribution is -2.40. The molecule has 0 bridgehead atoms. The number of likely N-dealkylation sites (tertiary alicyclic amines) is 2. The van der Waals surface area contributed by atoms with Gasteiger partial charge in [0, 0.05) is 37.8 Å². The summed E-state index contributed by atoms with van der Waals surface area (Å²) in [5.41, 5.74) is 2.77. The second kappa shape index (κ2) is 9.59. The topological polar surface area (TPSA) is 68.4 Å². The molecule has 6 nitrogen and oxygen atoms in total. The molecule has 2 aliphatic rings. The van der Waals surface area contributed by atoms with Gasteiger partial charge in [0.2, 0.25) is 5.91 Å². The molecule has 2 fully saturated rings. The molecule has 2 amide bonds. The highest BCUT2D eigenvalue weighted by atomic mass is 16.2. The van der Waals surface area contributed by atoms with Crippen molar-refractivity contribution in [3.63, 3.8) is 0 Å². The number of piperidine rings is 1. The zero-order chi connectivity index (χ0) is 20.1. The Morgan fingerprint density at radius 1 is 1.18 bits per heavy atom. The van der Waals surface area contributed by atoms with E-state index in [4.69, 9.17) is 0 Å². The summed E-state index contributed by atoms with van der Waals surface area (Å²) in [4.78, 5) is 32.5. The first-order valence-electron chi connectivity index (χ1n) is 10.9. The van der Waals surface area contributed by atoms with Crippen molar-refractivity contribution in [1.29, 1.82) is 0 Å². The van der Waals surface area contributed by atoms with Gasteiger partial charge in [0.15, 0.2) is 0 Å². The molecule has 3 rings (SSSR count). The van der Waals surface area contributed by atoms with Crippen molar-refractivity contribution in [3.05, 3.63) is 23.0 Å². The van der Waals surface area contributed by atoms with E-state index in [0.717, 1.165) is 68.9 Å². The fourth-order valence-electron chi connectivity index (χ4n) is 4.73. The molecule has 2 saturated heterocycles. The van der Waals surface area contributed by atoms with E-state index >= 15 is 0 Å². The van der Waals surface area contributed by atoms with Crippen LogP contribution >= 0.6 is 0 Å². The number of likely N-dealkylation sites (N-methyl/N-ethyl adjacent to an activating group) is 1. The minimum Gasteiger partial charge on any atom is -0.355 e. The predicted molar refractivity (Wildman–Crippen MR) is 111 cm³/mol. The third-order valence-electron chi connectivity index (χ3n) is 6.48. The number of nitrogens with zero attached hydrogens (tertiary/aromatic N) is 2. The quantitative estimate of drug-likeness (QED) is 0.755. The number of rotatable bonds is 7.